The molecular formula is C20H29N5O3. The molecule has 28 heavy (non-hydrogen) atoms. The number of aliphatic hydroxyl groups excluding tert-OH is 1. The number of hydrogen-bond donors (Lipinski definition) is 2. The average Bonchev–Trinajstić information content (AvgIpc) is 3.01. The predicted octanol–water partition coefficient (Wildman–Crippen LogP) is -0.560. The van der Waals surface area contributed by atoms with E-state index in [1.54, 1.807) is 6.20 Å². The lowest BCUT2D eigenvalue weighted by molar-refractivity contribution is -0.151. The third-order valence-corrected chi connectivity index (χ3v) is 6.15. The van der Waals surface area contributed by atoms with E-state index < -0.39 is 0 Å². The van der Waals surface area contributed by atoms with E-state index in [2.05, 4.69) is 26.2 Å². The Morgan fingerprint density at radius 1 is 1.32 bits per heavy atom. The zero-order valence-corrected chi connectivity index (χ0v) is 16.4. The summed E-state index contributed by atoms with van der Waals surface area (Å²) in [5.74, 6) is -0.0297. The highest BCUT2D eigenvalue weighted by Gasteiger charge is 2.56. The van der Waals surface area contributed by atoms with Crippen molar-refractivity contribution in [3.05, 3.63) is 30.1 Å². The Labute approximate surface area is 165 Å². The van der Waals surface area contributed by atoms with Gasteiger partial charge in [-0.2, -0.15) is 0 Å². The van der Waals surface area contributed by atoms with Crippen molar-refractivity contribution in [1.82, 2.24) is 25.0 Å². The summed E-state index contributed by atoms with van der Waals surface area (Å²) >= 11 is 0. The molecule has 1 aromatic heterocycles. The standard InChI is InChI=1S/C20H29N5O3/c1-15(26)22-6-4-19(28)24-10-17-7-18(27)11-25(17)20(14-24)12-23(13-20)9-16-3-2-5-21-8-16/h2-3,5,8,17-18,27H,4,6-7,9-14H2,1H3,(H,22,26). The van der Waals surface area contributed by atoms with Crippen molar-refractivity contribution in [2.75, 3.05) is 39.3 Å². The quantitative estimate of drug-likeness (QED) is 0.704. The first kappa shape index (κ1) is 19.3. The Kier molecular flexibility index (Phi) is 5.35. The van der Waals surface area contributed by atoms with Gasteiger partial charge in [0.25, 0.3) is 0 Å². The van der Waals surface area contributed by atoms with E-state index in [4.69, 9.17) is 0 Å². The maximum absolute atomic E-state index is 12.7. The van der Waals surface area contributed by atoms with Gasteiger partial charge in [-0.25, -0.2) is 0 Å². The summed E-state index contributed by atoms with van der Waals surface area (Å²) in [5.41, 5.74) is 1.11. The maximum atomic E-state index is 12.7. The molecule has 3 fully saturated rings. The van der Waals surface area contributed by atoms with Crippen LogP contribution in [0.3, 0.4) is 0 Å². The van der Waals surface area contributed by atoms with Crippen LogP contribution in [0.2, 0.25) is 0 Å². The number of likely N-dealkylation sites (tertiary alicyclic amines) is 1. The number of carbonyl (C=O) groups is 2. The van der Waals surface area contributed by atoms with E-state index in [1.807, 2.05) is 17.2 Å². The van der Waals surface area contributed by atoms with Crippen molar-refractivity contribution in [2.24, 2.45) is 0 Å². The van der Waals surface area contributed by atoms with Crippen LogP contribution >= 0.6 is 0 Å². The molecule has 1 aromatic rings. The highest BCUT2D eigenvalue weighted by atomic mass is 16.3. The van der Waals surface area contributed by atoms with Gasteiger partial charge in [0.1, 0.15) is 0 Å². The second-order valence-electron chi connectivity index (χ2n) is 8.43. The smallest absolute Gasteiger partial charge is 0.224 e. The SMILES string of the molecule is CC(=O)NCCC(=O)N1CC2CC(O)CN2C2(CN(Cc3cccnc3)C2)C1. The number of aromatic nitrogens is 1. The zero-order valence-electron chi connectivity index (χ0n) is 16.4. The summed E-state index contributed by atoms with van der Waals surface area (Å²) in [6.07, 6.45) is 4.41. The number of aliphatic hydroxyl groups is 1. The third-order valence-electron chi connectivity index (χ3n) is 6.15. The average molecular weight is 387 g/mol. The molecule has 8 nitrogen and oxygen atoms in total. The first-order valence-corrected chi connectivity index (χ1v) is 10.0. The summed E-state index contributed by atoms with van der Waals surface area (Å²) in [4.78, 5) is 34.7. The van der Waals surface area contributed by atoms with E-state index in [9.17, 15) is 14.7 Å². The topological polar surface area (TPSA) is 89.0 Å². The largest absolute Gasteiger partial charge is 0.392 e. The van der Waals surface area contributed by atoms with E-state index in [-0.39, 0.29) is 29.5 Å². The lowest BCUT2D eigenvalue weighted by Crippen LogP contribution is -2.78. The van der Waals surface area contributed by atoms with Gasteiger partial charge in [-0.05, 0) is 18.1 Å². The van der Waals surface area contributed by atoms with E-state index in [1.165, 1.54) is 12.5 Å². The number of nitrogens with one attached hydrogen (secondary N) is 1. The fraction of sp³-hybridized carbons (Fsp3) is 0.650. The lowest BCUT2D eigenvalue weighted by atomic mass is 9.83. The van der Waals surface area contributed by atoms with Gasteiger partial charge >= 0.3 is 0 Å². The van der Waals surface area contributed by atoms with Crippen LogP contribution in [0.5, 0.6) is 0 Å². The summed E-state index contributed by atoms with van der Waals surface area (Å²) in [6, 6.07) is 4.25. The number of amides is 2. The Morgan fingerprint density at radius 2 is 2.14 bits per heavy atom. The van der Waals surface area contributed by atoms with Crippen LogP contribution in [-0.4, -0.2) is 93.6 Å². The molecule has 8 heteroatoms. The molecule has 1 spiro atoms. The van der Waals surface area contributed by atoms with Gasteiger partial charge in [0.05, 0.1) is 11.6 Å². The molecule has 2 unspecified atom stereocenters. The minimum atomic E-state index is -0.316. The molecule has 0 saturated carbocycles. The minimum absolute atomic E-state index is 0.0771. The van der Waals surface area contributed by atoms with Crippen LogP contribution in [0.4, 0.5) is 0 Å². The Bertz CT molecular complexity index is 722. The Hall–Kier alpha value is -2.03. The summed E-state index contributed by atoms with van der Waals surface area (Å²) in [5, 5.41) is 12.9. The molecule has 0 bridgehead atoms. The molecule has 3 saturated heterocycles. The number of β-amino-alcohol motifs (C(OH)–C–C–N with tert-alkyl or cyclic N) is 1. The van der Waals surface area contributed by atoms with E-state index in [0.29, 0.717) is 32.6 Å². The van der Waals surface area contributed by atoms with Gasteiger partial charge in [0, 0.05) is 77.6 Å². The maximum Gasteiger partial charge on any atom is 0.224 e. The second kappa shape index (κ2) is 7.77. The molecule has 0 aliphatic carbocycles. The molecule has 2 N–H and O–H groups in total. The fourth-order valence-corrected chi connectivity index (χ4v) is 5.03. The lowest BCUT2D eigenvalue weighted by Gasteiger charge is -2.61. The van der Waals surface area contributed by atoms with Gasteiger partial charge in [0.2, 0.25) is 11.8 Å². The molecular weight excluding hydrogens is 358 g/mol. The molecule has 4 rings (SSSR count). The molecule has 2 atom stereocenters. The van der Waals surface area contributed by atoms with Crippen LogP contribution in [0, 0.1) is 0 Å². The van der Waals surface area contributed by atoms with Crippen molar-refractivity contribution < 1.29 is 14.7 Å². The first-order chi connectivity index (χ1) is 13.4. The van der Waals surface area contributed by atoms with Gasteiger partial charge < -0.3 is 15.3 Å². The molecule has 3 aliphatic heterocycles. The van der Waals surface area contributed by atoms with E-state index in [0.717, 1.165) is 26.1 Å². The molecule has 152 valence electrons. The fourth-order valence-electron chi connectivity index (χ4n) is 5.03. The number of hydrogen-bond acceptors (Lipinski definition) is 6. The first-order valence-electron chi connectivity index (χ1n) is 10.0. The number of piperazine rings is 1. The molecule has 4 heterocycles. The van der Waals surface area contributed by atoms with E-state index >= 15 is 0 Å². The van der Waals surface area contributed by atoms with Crippen molar-refractivity contribution >= 4 is 11.8 Å². The third kappa shape index (κ3) is 3.90. The van der Waals surface area contributed by atoms with Crippen molar-refractivity contribution in [3.63, 3.8) is 0 Å². The number of nitrogens with zero attached hydrogens (tertiary/aromatic N) is 4. The van der Waals surface area contributed by atoms with Gasteiger partial charge in [-0.1, -0.05) is 6.07 Å². The van der Waals surface area contributed by atoms with Crippen LogP contribution in [-0.2, 0) is 16.1 Å². The molecule has 3 aliphatic rings. The molecule has 0 aromatic carbocycles. The van der Waals surface area contributed by atoms with Crippen LogP contribution in [0.15, 0.2) is 24.5 Å². The zero-order chi connectivity index (χ0) is 19.7. The number of rotatable bonds is 5. The van der Waals surface area contributed by atoms with Gasteiger partial charge in [-0.3, -0.25) is 24.4 Å². The summed E-state index contributed by atoms with van der Waals surface area (Å²) in [7, 11) is 0. The van der Waals surface area contributed by atoms with Gasteiger partial charge in [0.15, 0.2) is 0 Å². The number of fused-ring (bicyclic) bond motifs is 2. The summed E-state index contributed by atoms with van der Waals surface area (Å²) < 4.78 is 0. The molecule has 0 radical (unpaired) electrons. The van der Waals surface area contributed by atoms with Crippen LogP contribution in [0.1, 0.15) is 25.3 Å². The molecule has 2 amide bonds. The summed E-state index contributed by atoms with van der Waals surface area (Å²) in [6.45, 7) is 6.53. The van der Waals surface area contributed by atoms with Crippen LogP contribution in [0.25, 0.3) is 0 Å². The van der Waals surface area contributed by atoms with Crippen molar-refractivity contribution in [2.45, 2.75) is 44.0 Å². The van der Waals surface area contributed by atoms with Gasteiger partial charge in [-0.15, -0.1) is 0 Å². The number of pyridine rings is 1. The monoisotopic (exact) mass is 387 g/mol. The highest BCUT2D eigenvalue weighted by molar-refractivity contribution is 5.78. The number of carbonyl (C=O) groups excluding carboxylic acids is 2. The normalized spacial score (nSPS) is 26.7. The predicted molar refractivity (Wildman–Crippen MR) is 103 cm³/mol. The second-order valence-corrected chi connectivity index (χ2v) is 8.43. The van der Waals surface area contributed by atoms with Crippen LogP contribution < -0.4 is 5.32 Å². The Balaban J connectivity index is 1.40. The Morgan fingerprint density at radius 3 is 2.86 bits per heavy atom. The van der Waals surface area contributed by atoms with Crippen molar-refractivity contribution in [1.29, 1.82) is 0 Å². The van der Waals surface area contributed by atoms with Crippen molar-refractivity contribution in [3.8, 4) is 0 Å². The minimum Gasteiger partial charge on any atom is -0.392 e. The highest BCUT2D eigenvalue weighted by Crippen LogP contribution is 2.39.